The maximum Gasteiger partial charge on any atom is 0.0808 e. The lowest BCUT2D eigenvalue weighted by Gasteiger charge is -2.21. The summed E-state index contributed by atoms with van der Waals surface area (Å²) in [7, 11) is 0. The van der Waals surface area contributed by atoms with E-state index in [1.165, 1.54) is 0 Å². The van der Waals surface area contributed by atoms with Crippen LogP contribution in [0.2, 0.25) is 0 Å². The first-order valence-electron chi connectivity index (χ1n) is 3.88. The van der Waals surface area contributed by atoms with Crippen molar-refractivity contribution in [1.29, 1.82) is 0 Å². The first kappa shape index (κ1) is 10.7. The van der Waals surface area contributed by atoms with Crippen LogP contribution in [0.25, 0.3) is 0 Å². The Morgan fingerprint density at radius 2 is 2.09 bits per heavy atom. The fourth-order valence-corrected chi connectivity index (χ4v) is 0.607. The van der Waals surface area contributed by atoms with E-state index in [1.807, 2.05) is 20.8 Å². The van der Waals surface area contributed by atoms with E-state index in [0.29, 0.717) is 13.0 Å². The van der Waals surface area contributed by atoms with Gasteiger partial charge in [-0.05, 0) is 27.2 Å². The molecule has 0 aromatic carbocycles. The van der Waals surface area contributed by atoms with Crippen LogP contribution in [-0.2, 0) is 4.74 Å². The van der Waals surface area contributed by atoms with E-state index in [1.54, 1.807) is 6.08 Å². The number of aliphatic hydroxyl groups is 1. The van der Waals surface area contributed by atoms with Crippen LogP contribution in [-0.4, -0.2) is 23.4 Å². The lowest BCUT2D eigenvalue weighted by Crippen LogP contribution is -2.25. The molecule has 0 bridgehead atoms. The second-order valence-electron chi connectivity index (χ2n) is 3.60. The molecular formula is C9H18O2. The average molecular weight is 158 g/mol. The molecule has 0 radical (unpaired) electrons. The van der Waals surface area contributed by atoms with E-state index in [9.17, 15) is 5.11 Å². The number of hydrogen-bond donors (Lipinski definition) is 1. The van der Waals surface area contributed by atoms with Gasteiger partial charge in [-0.3, -0.25) is 0 Å². The molecule has 1 N–H and O–H groups in total. The minimum Gasteiger partial charge on any atom is -0.390 e. The Morgan fingerprint density at radius 1 is 1.55 bits per heavy atom. The summed E-state index contributed by atoms with van der Waals surface area (Å²) in [5.41, 5.74) is -0.165. The van der Waals surface area contributed by atoms with Gasteiger partial charge in [-0.15, -0.1) is 6.58 Å². The first-order chi connectivity index (χ1) is 4.95. The van der Waals surface area contributed by atoms with Crippen LogP contribution in [0.1, 0.15) is 27.2 Å². The minimum atomic E-state index is -0.410. The molecule has 0 amide bonds. The SMILES string of the molecule is C=CCC(O)COC(C)(C)C. The van der Waals surface area contributed by atoms with Gasteiger partial charge >= 0.3 is 0 Å². The molecule has 66 valence electrons. The highest BCUT2D eigenvalue weighted by molar-refractivity contribution is 4.72. The zero-order chi connectivity index (χ0) is 8.91. The summed E-state index contributed by atoms with van der Waals surface area (Å²) < 4.78 is 5.35. The van der Waals surface area contributed by atoms with Crippen LogP contribution in [0.3, 0.4) is 0 Å². The Balaban J connectivity index is 3.45. The summed E-state index contributed by atoms with van der Waals surface area (Å²) in [5.74, 6) is 0. The number of hydrogen-bond acceptors (Lipinski definition) is 2. The molecular weight excluding hydrogens is 140 g/mol. The summed E-state index contributed by atoms with van der Waals surface area (Å²) in [4.78, 5) is 0. The van der Waals surface area contributed by atoms with E-state index < -0.39 is 6.10 Å². The fraction of sp³-hybridized carbons (Fsp3) is 0.778. The van der Waals surface area contributed by atoms with Crippen LogP contribution in [0.4, 0.5) is 0 Å². The summed E-state index contributed by atoms with van der Waals surface area (Å²) in [6.07, 6.45) is 1.87. The Hall–Kier alpha value is -0.340. The molecule has 0 aliphatic heterocycles. The summed E-state index contributed by atoms with van der Waals surface area (Å²) >= 11 is 0. The minimum absolute atomic E-state index is 0.165. The van der Waals surface area contributed by atoms with Crippen molar-refractivity contribution in [3.63, 3.8) is 0 Å². The Kier molecular flexibility index (Phi) is 4.38. The quantitative estimate of drug-likeness (QED) is 0.631. The van der Waals surface area contributed by atoms with Gasteiger partial charge in [0.15, 0.2) is 0 Å². The van der Waals surface area contributed by atoms with Gasteiger partial charge in [0.2, 0.25) is 0 Å². The zero-order valence-electron chi connectivity index (χ0n) is 7.63. The second kappa shape index (κ2) is 4.52. The number of ether oxygens (including phenoxy) is 1. The Morgan fingerprint density at radius 3 is 2.45 bits per heavy atom. The van der Waals surface area contributed by atoms with Gasteiger partial charge < -0.3 is 9.84 Å². The van der Waals surface area contributed by atoms with Gasteiger partial charge in [-0.1, -0.05) is 6.08 Å². The van der Waals surface area contributed by atoms with E-state index in [4.69, 9.17) is 4.74 Å². The maximum atomic E-state index is 9.22. The topological polar surface area (TPSA) is 29.5 Å². The van der Waals surface area contributed by atoms with Gasteiger partial charge in [0.05, 0.1) is 18.3 Å². The molecule has 11 heavy (non-hydrogen) atoms. The second-order valence-corrected chi connectivity index (χ2v) is 3.60. The molecule has 1 atom stereocenters. The van der Waals surface area contributed by atoms with Crippen molar-refractivity contribution in [2.75, 3.05) is 6.61 Å². The average Bonchev–Trinajstić information content (AvgIpc) is 1.83. The molecule has 2 heteroatoms. The molecule has 0 spiro atoms. The van der Waals surface area contributed by atoms with Gasteiger partial charge in [-0.25, -0.2) is 0 Å². The molecule has 0 saturated carbocycles. The van der Waals surface area contributed by atoms with Crippen LogP contribution in [0.15, 0.2) is 12.7 Å². The predicted molar refractivity (Wildman–Crippen MR) is 46.5 cm³/mol. The molecule has 0 aliphatic rings. The lowest BCUT2D eigenvalue weighted by molar-refractivity contribution is -0.0475. The van der Waals surface area contributed by atoms with Crippen molar-refractivity contribution in [1.82, 2.24) is 0 Å². The van der Waals surface area contributed by atoms with Crippen molar-refractivity contribution in [2.24, 2.45) is 0 Å². The van der Waals surface area contributed by atoms with E-state index in [0.717, 1.165) is 0 Å². The highest BCUT2D eigenvalue weighted by Crippen LogP contribution is 2.07. The predicted octanol–water partition coefficient (Wildman–Crippen LogP) is 1.74. The van der Waals surface area contributed by atoms with Gasteiger partial charge in [0.1, 0.15) is 0 Å². The maximum absolute atomic E-state index is 9.22. The van der Waals surface area contributed by atoms with Crippen molar-refractivity contribution >= 4 is 0 Å². The molecule has 0 aromatic heterocycles. The number of aliphatic hydroxyl groups excluding tert-OH is 1. The normalized spacial score (nSPS) is 14.5. The Labute approximate surface area is 68.9 Å². The van der Waals surface area contributed by atoms with Crippen molar-refractivity contribution in [2.45, 2.75) is 38.9 Å². The third kappa shape index (κ3) is 7.56. The molecule has 0 aliphatic carbocycles. The highest BCUT2D eigenvalue weighted by Gasteiger charge is 2.12. The highest BCUT2D eigenvalue weighted by atomic mass is 16.5. The smallest absolute Gasteiger partial charge is 0.0808 e. The van der Waals surface area contributed by atoms with Crippen molar-refractivity contribution in [3.8, 4) is 0 Å². The summed E-state index contributed by atoms with van der Waals surface area (Å²) in [6, 6.07) is 0. The molecule has 2 nitrogen and oxygen atoms in total. The zero-order valence-corrected chi connectivity index (χ0v) is 7.63. The largest absolute Gasteiger partial charge is 0.390 e. The standard InChI is InChI=1S/C9H18O2/c1-5-6-8(10)7-11-9(2,3)4/h5,8,10H,1,6-7H2,2-4H3. The van der Waals surface area contributed by atoms with Gasteiger partial charge in [0.25, 0.3) is 0 Å². The number of rotatable bonds is 4. The molecule has 0 heterocycles. The van der Waals surface area contributed by atoms with Crippen LogP contribution in [0.5, 0.6) is 0 Å². The lowest BCUT2D eigenvalue weighted by atomic mass is 10.2. The fourth-order valence-electron chi connectivity index (χ4n) is 0.607. The van der Waals surface area contributed by atoms with Crippen molar-refractivity contribution < 1.29 is 9.84 Å². The Bertz CT molecular complexity index is 113. The molecule has 0 aromatic rings. The molecule has 0 fully saturated rings. The van der Waals surface area contributed by atoms with E-state index in [-0.39, 0.29) is 5.60 Å². The van der Waals surface area contributed by atoms with Crippen molar-refractivity contribution in [3.05, 3.63) is 12.7 Å². The third-order valence-electron chi connectivity index (χ3n) is 1.15. The van der Waals surface area contributed by atoms with E-state index in [2.05, 4.69) is 6.58 Å². The van der Waals surface area contributed by atoms with Crippen LogP contribution < -0.4 is 0 Å². The molecule has 0 rings (SSSR count). The summed E-state index contributed by atoms with van der Waals surface area (Å²) in [6.45, 7) is 9.81. The molecule has 0 saturated heterocycles. The van der Waals surface area contributed by atoms with Gasteiger partial charge in [0, 0.05) is 0 Å². The first-order valence-corrected chi connectivity index (χ1v) is 3.88. The van der Waals surface area contributed by atoms with Crippen LogP contribution in [0, 0.1) is 0 Å². The van der Waals surface area contributed by atoms with Gasteiger partial charge in [-0.2, -0.15) is 0 Å². The third-order valence-corrected chi connectivity index (χ3v) is 1.15. The molecule has 1 unspecified atom stereocenters. The monoisotopic (exact) mass is 158 g/mol. The van der Waals surface area contributed by atoms with Crippen LogP contribution >= 0.6 is 0 Å². The summed E-state index contributed by atoms with van der Waals surface area (Å²) in [5, 5.41) is 9.22. The van der Waals surface area contributed by atoms with E-state index >= 15 is 0 Å².